The number of rotatable bonds is 8. The lowest BCUT2D eigenvalue weighted by atomic mass is 9.54. The molecule has 14 heteroatoms. The number of H-pyrrole nitrogens is 2. The Morgan fingerprint density at radius 1 is 0.944 bits per heavy atom. The number of carbonyl (C=O) groups is 2. The van der Waals surface area contributed by atoms with E-state index in [-0.39, 0.29) is 48.1 Å². The average Bonchev–Trinajstić information content (AvgIpc) is 3.63. The van der Waals surface area contributed by atoms with E-state index in [9.17, 15) is 9.59 Å². The Kier molecular flexibility index (Phi) is 7.12. The van der Waals surface area contributed by atoms with Gasteiger partial charge >= 0.3 is 0 Å². The molecule has 4 heterocycles. The summed E-state index contributed by atoms with van der Waals surface area (Å²) in [5.41, 5.74) is 13.2. The predicted molar refractivity (Wildman–Crippen MR) is 138 cm³/mol. The Morgan fingerprint density at radius 2 is 1.50 bits per heavy atom. The molecule has 0 bridgehead atoms. The molecular weight excluding hydrogens is 596 g/mol. The smallest absolute Gasteiger partial charge is 0.267 e. The van der Waals surface area contributed by atoms with E-state index >= 15 is 0 Å². The zero-order chi connectivity index (χ0) is 25.4. The zero-order valence-electron chi connectivity index (χ0n) is 19.3. The van der Waals surface area contributed by atoms with Crippen molar-refractivity contribution in [2.24, 2.45) is 29.4 Å². The summed E-state index contributed by atoms with van der Waals surface area (Å²) in [6, 6.07) is 3.48. The van der Waals surface area contributed by atoms with Gasteiger partial charge in [-0.3, -0.25) is 20.6 Å². The van der Waals surface area contributed by atoms with E-state index < -0.39 is 0 Å². The molecule has 2 aromatic rings. The Bertz CT molecular complexity index is 1110. The molecule has 0 spiro atoms. The summed E-state index contributed by atoms with van der Waals surface area (Å²) in [5.74, 6) is -0.125. The Labute approximate surface area is 224 Å². The third-order valence-corrected chi connectivity index (χ3v) is 7.87. The molecule has 192 valence electrons. The summed E-state index contributed by atoms with van der Waals surface area (Å²) in [7, 11) is 0. The van der Waals surface area contributed by atoms with Crippen LogP contribution in [0.2, 0.25) is 0 Å². The number of hydrogen-bond acceptors (Lipinski definition) is 6. The Morgan fingerprint density at radius 3 is 1.92 bits per heavy atom. The maximum atomic E-state index is 12.8. The number of nitrogens with two attached hydrogens (primary N) is 2. The minimum atomic E-state index is -0.249. The molecule has 2 aliphatic heterocycles. The van der Waals surface area contributed by atoms with Crippen LogP contribution in [-0.4, -0.2) is 47.5 Å². The molecule has 0 aromatic carbocycles. The van der Waals surface area contributed by atoms with Crippen LogP contribution in [0.1, 0.15) is 21.0 Å². The number of amides is 2. The van der Waals surface area contributed by atoms with Gasteiger partial charge in [-0.05, 0) is 55.8 Å². The van der Waals surface area contributed by atoms with Gasteiger partial charge in [0, 0.05) is 58.2 Å². The van der Waals surface area contributed by atoms with Crippen molar-refractivity contribution in [3.63, 3.8) is 0 Å². The molecule has 2 unspecified atom stereocenters. The van der Waals surface area contributed by atoms with E-state index in [2.05, 4.69) is 74.1 Å². The molecule has 5 rings (SSSR count). The Balaban J connectivity index is 1.36. The topological polar surface area (TPSA) is 196 Å². The van der Waals surface area contributed by atoms with Crippen molar-refractivity contribution in [1.82, 2.24) is 36.6 Å². The molecule has 1 aliphatic carbocycles. The molecule has 0 radical (unpaired) electrons. The number of hydrogen-bond donors (Lipinski definition) is 10. The summed E-state index contributed by atoms with van der Waals surface area (Å²) in [6.45, 7) is 0.878. The minimum Gasteiger partial charge on any atom is -0.356 e. The van der Waals surface area contributed by atoms with Crippen LogP contribution in [0.4, 0.5) is 0 Å². The first-order chi connectivity index (χ1) is 17.3. The lowest BCUT2D eigenvalue weighted by molar-refractivity contribution is -0.620. The molecule has 6 atom stereocenters. The molecule has 3 aliphatic rings. The maximum Gasteiger partial charge on any atom is 0.267 e. The van der Waals surface area contributed by atoms with Crippen LogP contribution in [0.3, 0.4) is 0 Å². The molecule has 0 saturated heterocycles. The highest BCUT2D eigenvalue weighted by atomic mass is 79.9. The number of aromatic amines is 2. The van der Waals surface area contributed by atoms with E-state index in [1.54, 1.807) is 24.5 Å². The van der Waals surface area contributed by atoms with Crippen molar-refractivity contribution in [2.45, 2.75) is 12.6 Å². The number of aromatic nitrogens is 2. The van der Waals surface area contributed by atoms with Crippen molar-refractivity contribution in [1.29, 1.82) is 0 Å². The normalized spacial score (nSPS) is 28.8. The van der Waals surface area contributed by atoms with Crippen molar-refractivity contribution in [3.8, 4) is 0 Å². The van der Waals surface area contributed by atoms with E-state index in [0.717, 1.165) is 20.3 Å². The lowest BCUT2D eigenvalue weighted by Crippen LogP contribution is -2.88. The summed E-state index contributed by atoms with van der Waals surface area (Å²) in [5, 5.41) is 18.0. The first-order valence-electron chi connectivity index (χ1n) is 11.7. The SMILES string of the molecule is NC1NC([C@H]2[C@H](CNC(=O)c3cc(Br)c[nH]3)[C@@H](CNC(=O)c3cc(Br)c[nH]3)[C@@H]2C2=CNC([NH3+])N2)=C[NH2+]1. The van der Waals surface area contributed by atoms with E-state index in [4.69, 9.17) is 5.73 Å². The second-order valence-corrected chi connectivity index (χ2v) is 11.0. The highest BCUT2D eigenvalue weighted by molar-refractivity contribution is 9.10. The van der Waals surface area contributed by atoms with Gasteiger partial charge in [0.05, 0.1) is 5.70 Å². The minimum absolute atomic E-state index is 0.0528. The van der Waals surface area contributed by atoms with Crippen LogP contribution in [-0.2, 0) is 0 Å². The van der Waals surface area contributed by atoms with Gasteiger partial charge < -0.3 is 42.3 Å². The van der Waals surface area contributed by atoms with Crippen LogP contribution in [0.5, 0.6) is 0 Å². The van der Waals surface area contributed by atoms with Crippen LogP contribution >= 0.6 is 31.9 Å². The molecular formula is C22H30Br2N10O2+2. The summed E-state index contributed by atoms with van der Waals surface area (Å²) < 4.78 is 1.62. The summed E-state index contributed by atoms with van der Waals surface area (Å²) in [4.78, 5) is 31.5. The standard InChI is InChI=1S/C22H28Br2N10O2/c23-9-1-13(27-3-9)19(35)29-5-11-12(6-30-20(36)14-2-10(24)4-28-14)18(16-8-32-22(26)34-16)17(11)15-7-31-21(25)33-15/h1-4,7-8,11-12,17-18,21-22,27-28,31-34H,5-6,25-26H2,(H,29,35)(H,30,36)/p+2/t11-,12-,17-,18-,21?,22?/m1/s1. The highest BCUT2D eigenvalue weighted by Crippen LogP contribution is 2.52. The number of carbonyl (C=O) groups excluding carboxylic acids is 2. The third kappa shape index (κ3) is 5.04. The van der Waals surface area contributed by atoms with Crippen molar-refractivity contribution in [3.05, 3.63) is 68.7 Å². The van der Waals surface area contributed by atoms with Crippen LogP contribution in [0, 0.1) is 23.7 Å². The summed E-state index contributed by atoms with van der Waals surface area (Å²) >= 11 is 6.74. The van der Waals surface area contributed by atoms with E-state index in [1.807, 2.05) is 17.7 Å². The lowest BCUT2D eigenvalue weighted by Gasteiger charge is -2.52. The third-order valence-electron chi connectivity index (χ3n) is 6.96. The van der Waals surface area contributed by atoms with E-state index in [1.165, 1.54) is 0 Å². The number of allylic oxidation sites excluding steroid dienone is 2. The van der Waals surface area contributed by atoms with E-state index in [0.29, 0.717) is 24.5 Å². The van der Waals surface area contributed by atoms with Gasteiger partial charge in [0.1, 0.15) is 17.6 Å². The molecule has 1 fully saturated rings. The van der Waals surface area contributed by atoms with Crippen molar-refractivity contribution >= 4 is 43.7 Å². The first-order valence-corrected chi connectivity index (χ1v) is 13.3. The monoisotopic (exact) mass is 624 g/mol. The van der Waals surface area contributed by atoms with Gasteiger partial charge in [0.15, 0.2) is 0 Å². The molecule has 1 saturated carbocycles. The van der Waals surface area contributed by atoms with Crippen LogP contribution in [0.25, 0.3) is 0 Å². The van der Waals surface area contributed by atoms with Crippen LogP contribution < -0.4 is 43.4 Å². The molecule has 2 aromatic heterocycles. The molecule has 36 heavy (non-hydrogen) atoms. The maximum absolute atomic E-state index is 12.8. The van der Waals surface area contributed by atoms with Gasteiger partial charge in [-0.15, -0.1) is 0 Å². The fourth-order valence-corrected chi connectivity index (χ4v) is 5.99. The second-order valence-electron chi connectivity index (χ2n) is 9.21. The summed E-state index contributed by atoms with van der Waals surface area (Å²) in [6.07, 6.45) is 7.04. The first kappa shape index (κ1) is 24.9. The van der Waals surface area contributed by atoms with Gasteiger partial charge in [-0.2, -0.15) is 0 Å². The molecule has 14 N–H and O–H groups in total. The largest absolute Gasteiger partial charge is 0.356 e. The highest BCUT2D eigenvalue weighted by Gasteiger charge is 2.55. The quantitative estimate of drug-likeness (QED) is 0.166. The van der Waals surface area contributed by atoms with Crippen LogP contribution in [0.15, 0.2) is 57.3 Å². The molecule has 2 amide bonds. The number of quaternary nitrogens is 2. The second kappa shape index (κ2) is 10.3. The van der Waals surface area contributed by atoms with Crippen molar-refractivity contribution in [2.75, 3.05) is 13.1 Å². The Hall–Kier alpha value is -2.78. The zero-order valence-corrected chi connectivity index (χ0v) is 22.4. The van der Waals surface area contributed by atoms with Gasteiger partial charge in [0.25, 0.3) is 11.8 Å². The number of nitrogens with one attached hydrogen (secondary N) is 7. The average molecular weight is 626 g/mol. The fraction of sp³-hybridized carbons (Fsp3) is 0.364. The predicted octanol–water partition coefficient (Wildman–Crippen LogP) is -1.68. The van der Waals surface area contributed by atoms with Crippen molar-refractivity contribution < 1.29 is 20.6 Å². The van der Waals surface area contributed by atoms with Gasteiger partial charge in [0.2, 0.25) is 12.6 Å². The molecule has 12 nitrogen and oxygen atoms in total. The number of halogens is 2. The fourth-order valence-electron chi connectivity index (χ4n) is 5.30. The van der Waals surface area contributed by atoms with Gasteiger partial charge in [-0.1, -0.05) is 0 Å². The van der Waals surface area contributed by atoms with Gasteiger partial charge in [-0.25, -0.2) is 0 Å².